The monoisotopic (exact) mass is 357 g/mol. The summed E-state index contributed by atoms with van der Waals surface area (Å²) in [5.74, 6) is 0.609. The molecule has 0 aliphatic rings. The van der Waals surface area contributed by atoms with E-state index in [1.165, 1.54) is 16.1 Å². The molecule has 0 spiro atoms. The summed E-state index contributed by atoms with van der Waals surface area (Å²) in [6.45, 7) is 4.21. The molecular weight excluding hydrogens is 338 g/mol. The molecule has 0 unspecified atom stereocenters. The van der Waals surface area contributed by atoms with Crippen molar-refractivity contribution in [2.75, 3.05) is 5.32 Å². The van der Waals surface area contributed by atoms with Crippen molar-refractivity contribution in [3.63, 3.8) is 0 Å². The van der Waals surface area contributed by atoms with Gasteiger partial charge in [-0.15, -0.1) is 20.4 Å². The number of tetrazole rings is 1. The van der Waals surface area contributed by atoms with Gasteiger partial charge in [0, 0.05) is 11.5 Å². The Morgan fingerprint density at radius 2 is 1.92 bits per heavy atom. The van der Waals surface area contributed by atoms with Gasteiger partial charge in [-0.3, -0.25) is 10.1 Å². The predicted molar refractivity (Wildman–Crippen MR) is 95.1 cm³/mol. The largest absolute Gasteiger partial charge is 0.299 e. The van der Waals surface area contributed by atoms with Gasteiger partial charge < -0.3 is 0 Å². The number of hydrogen-bond acceptors (Lipinski definition) is 7. The van der Waals surface area contributed by atoms with E-state index in [-0.39, 0.29) is 12.5 Å². The van der Waals surface area contributed by atoms with Crippen molar-refractivity contribution in [3.8, 4) is 11.4 Å². The second kappa shape index (κ2) is 7.93. The van der Waals surface area contributed by atoms with E-state index in [2.05, 4.69) is 44.8 Å². The molecule has 0 aliphatic carbocycles. The average Bonchev–Trinajstić information content (AvgIpc) is 3.27. The van der Waals surface area contributed by atoms with Crippen LogP contribution in [0.1, 0.15) is 37.6 Å². The van der Waals surface area contributed by atoms with Crippen LogP contribution < -0.4 is 5.32 Å². The first-order valence-corrected chi connectivity index (χ1v) is 8.97. The summed E-state index contributed by atoms with van der Waals surface area (Å²) in [6, 6.07) is 9.49. The molecule has 0 radical (unpaired) electrons. The summed E-state index contributed by atoms with van der Waals surface area (Å²) in [5.41, 5.74) is 0.855. The Balaban J connectivity index is 1.61. The average molecular weight is 357 g/mol. The number of nitrogens with zero attached hydrogens (tertiary/aromatic N) is 6. The van der Waals surface area contributed by atoms with Crippen LogP contribution in [0, 0.1) is 0 Å². The number of benzene rings is 1. The molecule has 2 heterocycles. The summed E-state index contributed by atoms with van der Waals surface area (Å²) < 4.78 is 0. The quantitative estimate of drug-likeness (QED) is 0.698. The third kappa shape index (κ3) is 4.24. The number of amides is 1. The van der Waals surface area contributed by atoms with Gasteiger partial charge in [-0.1, -0.05) is 55.5 Å². The maximum atomic E-state index is 12.1. The number of carbonyl (C=O) groups is 1. The zero-order chi connectivity index (χ0) is 17.6. The van der Waals surface area contributed by atoms with Crippen LogP contribution in [-0.2, 0) is 11.3 Å². The molecule has 25 heavy (non-hydrogen) atoms. The molecule has 0 saturated carbocycles. The van der Waals surface area contributed by atoms with Crippen LogP contribution in [0.4, 0.5) is 5.13 Å². The van der Waals surface area contributed by atoms with Crippen LogP contribution in [0.5, 0.6) is 0 Å². The number of rotatable bonds is 7. The van der Waals surface area contributed by atoms with Crippen LogP contribution in [0.15, 0.2) is 30.3 Å². The van der Waals surface area contributed by atoms with Crippen molar-refractivity contribution in [1.29, 1.82) is 0 Å². The summed E-state index contributed by atoms with van der Waals surface area (Å²) in [7, 11) is 0. The van der Waals surface area contributed by atoms with E-state index < -0.39 is 0 Å². The molecule has 8 nitrogen and oxygen atoms in total. The highest BCUT2D eigenvalue weighted by atomic mass is 32.1. The molecule has 0 saturated heterocycles. The molecule has 130 valence electrons. The highest BCUT2D eigenvalue weighted by Crippen LogP contribution is 2.27. The van der Waals surface area contributed by atoms with Gasteiger partial charge in [0.2, 0.25) is 16.9 Å². The van der Waals surface area contributed by atoms with Crippen molar-refractivity contribution >= 4 is 22.4 Å². The molecule has 0 fully saturated rings. The standard InChI is InChI=1S/C16H19N7OS/c1-3-11(4-2)15-19-20-16(25-15)17-13(24)10-23-21-14(18-22-23)12-8-6-5-7-9-12/h5-9,11H,3-4,10H2,1-2H3,(H,17,20,24). The minimum Gasteiger partial charge on any atom is -0.299 e. The van der Waals surface area contributed by atoms with Crippen LogP contribution in [0.25, 0.3) is 11.4 Å². The Kier molecular flexibility index (Phi) is 5.44. The zero-order valence-corrected chi connectivity index (χ0v) is 14.9. The van der Waals surface area contributed by atoms with E-state index in [0.717, 1.165) is 23.4 Å². The lowest BCUT2D eigenvalue weighted by atomic mass is 10.1. The van der Waals surface area contributed by atoms with E-state index in [1.54, 1.807) is 0 Å². The molecule has 3 rings (SSSR count). The van der Waals surface area contributed by atoms with Crippen molar-refractivity contribution in [2.45, 2.75) is 39.2 Å². The highest BCUT2D eigenvalue weighted by molar-refractivity contribution is 7.15. The first-order chi connectivity index (χ1) is 12.2. The van der Waals surface area contributed by atoms with Crippen LogP contribution in [0.2, 0.25) is 0 Å². The molecule has 0 bridgehead atoms. The van der Waals surface area contributed by atoms with Crippen LogP contribution in [0.3, 0.4) is 0 Å². The number of carbonyl (C=O) groups excluding carboxylic acids is 1. The van der Waals surface area contributed by atoms with Gasteiger partial charge in [0.05, 0.1) is 0 Å². The topological polar surface area (TPSA) is 98.5 Å². The fourth-order valence-electron chi connectivity index (χ4n) is 2.39. The van der Waals surface area contributed by atoms with Gasteiger partial charge in [-0.2, -0.15) is 4.80 Å². The molecular formula is C16H19N7OS. The van der Waals surface area contributed by atoms with Crippen LogP contribution >= 0.6 is 11.3 Å². The van der Waals surface area contributed by atoms with E-state index in [0.29, 0.717) is 16.9 Å². The Labute approximate surface area is 149 Å². The van der Waals surface area contributed by atoms with Gasteiger partial charge in [-0.05, 0) is 18.1 Å². The lowest BCUT2D eigenvalue weighted by Gasteiger charge is -2.05. The molecule has 2 aromatic heterocycles. The normalized spacial score (nSPS) is 11.0. The summed E-state index contributed by atoms with van der Waals surface area (Å²) in [6.07, 6.45) is 2.01. The highest BCUT2D eigenvalue weighted by Gasteiger charge is 2.15. The maximum Gasteiger partial charge on any atom is 0.249 e. The van der Waals surface area contributed by atoms with Gasteiger partial charge in [0.25, 0.3) is 0 Å². The minimum atomic E-state index is -0.260. The number of hydrogen-bond donors (Lipinski definition) is 1. The van der Waals surface area contributed by atoms with Crippen molar-refractivity contribution in [2.24, 2.45) is 0 Å². The second-order valence-electron chi connectivity index (χ2n) is 5.52. The predicted octanol–water partition coefficient (Wildman–Crippen LogP) is 2.73. The van der Waals surface area contributed by atoms with E-state index in [1.807, 2.05) is 30.3 Å². The first kappa shape index (κ1) is 17.2. The maximum absolute atomic E-state index is 12.1. The molecule has 3 aromatic rings. The Hall–Kier alpha value is -2.68. The molecule has 1 amide bonds. The van der Waals surface area contributed by atoms with Crippen LogP contribution in [-0.4, -0.2) is 36.3 Å². The molecule has 9 heteroatoms. The molecule has 0 atom stereocenters. The van der Waals surface area contributed by atoms with Gasteiger partial charge in [-0.25, -0.2) is 0 Å². The third-order valence-corrected chi connectivity index (χ3v) is 4.79. The third-order valence-electron chi connectivity index (χ3n) is 3.79. The van der Waals surface area contributed by atoms with Crippen molar-refractivity contribution in [1.82, 2.24) is 30.4 Å². The fourth-order valence-corrected chi connectivity index (χ4v) is 3.41. The summed E-state index contributed by atoms with van der Waals surface area (Å²) in [4.78, 5) is 13.4. The SMILES string of the molecule is CCC(CC)c1nnc(NC(=O)Cn2nnc(-c3ccccc3)n2)s1. The fraction of sp³-hybridized carbons (Fsp3) is 0.375. The number of aromatic nitrogens is 6. The molecule has 0 aliphatic heterocycles. The zero-order valence-electron chi connectivity index (χ0n) is 14.1. The van der Waals surface area contributed by atoms with Gasteiger partial charge in [0.15, 0.2) is 0 Å². The Morgan fingerprint density at radius 3 is 2.64 bits per heavy atom. The lowest BCUT2D eigenvalue weighted by Crippen LogP contribution is -2.20. The van der Waals surface area contributed by atoms with Crippen molar-refractivity contribution < 1.29 is 4.79 Å². The summed E-state index contributed by atoms with van der Waals surface area (Å²) >= 11 is 1.41. The van der Waals surface area contributed by atoms with E-state index in [4.69, 9.17) is 0 Å². The first-order valence-electron chi connectivity index (χ1n) is 8.16. The lowest BCUT2D eigenvalue weighted by molar-refractivity contribution is -0.117. The molecule has 1 N–H and O–H groups in total. The summed E-state index contributed by atoms with van der Waals surface area (Å²) in [5, 5.41) is 24.5. The van der Waals surface area contributed by atoms with E-state index in [9.17, 15) is 4.79 Å². The minimum absolute atomic E-state index is 0.0280. The van der Waals surface area contributed by atoms with Gasteiger partial charge in [0.1, 0.15) is 11.6 Å². The van der Waals surface area contributed by atoms with E-state index >= 15 is 0 Å². The Bertz CT molecular complexity index is 826. The number of anilines is 1. The molecule has 1 aromatic carbocycles. The second-order valence-corrected chi connectivity index (χ2v) is 6.53. The smallest absolute Gasteiger partial charge is 0.249 e. The van der Waals surface area contributed by atoms with Gasteiger partial charge >= 0.3 is 0 Å². The Morgan fingerprint density at radius 1 is 1.16 bits per heavy atom. The van der Waals surface area contributed by atoms with Crippen molar-refractivity contribution in [3.05, 3.63) is 35.3 Å². The number of nitrogens with one attached hydrogen (secondary N) is 1.